The lowest BCUT2D eigenvalue weighted by Gasteiger charge is -2.14. The van der Waals surface area contributed by atoms with Crippen LogP contribution in [0.2, 0.25) is 0 Å². The quantitative estimate of drug-likeness (QED) is 0.879. The number of halogens is 1. The molecule has 0 aliphatic rings. The number of aromatic nitrogens is 3. The molecule has 4 nitrogen and oxygen atoms in total. The Bertz CT molecular complexity index is 570. The van der Waals surface area contributed by atoms with Crippen LogP contribution in [0.25, 0.3) is 0 Å². The zero-order chi connectivity index (χ0) is 14.7. The van der Waals surface area contributed by atoms with E-state index in [0.29, 0.717) is 0 Å². The maximum Gasteiger partial charge on any atom is 0.0739 e. The van der Waals surface area contributed by atoms with Gasteiger partial charge in [-0.2, -0.15) is 5.10 Å². The number of hydrogen-bond donors (Lipinski definition) is 1. The first-order chi connectivity index (χ1) is 9.56. The summed E-state index contributed by atoms with van der Waals surface area (Å²) in [5, 5.41) is 4.55. The number of nitrogens with zero attached hydrogens (tertiary/aromatic N) is 3. The number of aryl methyl sites for hydroxylation is 2. The van der Waals surface area contributed by atoms with E-state index in [2.05, 4.69) is 62.5 Å². The minimum absolute atomic E-state index is 0.227. The van der Waals surface area contributed by atoms with Gasteiger partial charge in [0.25, 0.3) is 0 Å². The molecule has 0 amide bonds. The van der Waals surface area contributed by atoms with Crippen molar-refractivity contribution in [2.75, 3.05) is 0 Å². The van der Waals surface area contributed by atoms with Crippen LogP contribution in [0.4, 0.5) is 0 Å². The highest BCUT2D eigenvalue weighted by Crippen LogP contribution is 2.22. The van der Waals surface area contributed by atoms with Crippen LogP contribution in [0, 0.1) is 6.92 Å². The van der Waals surface area contributed by atoms with E-state index in [9.17, 15) is 0 Å². The van der Waals surface area contributed by atoms with E-state index in [1.165, 1.54) is 11.4 Å². The van der Waals surface area contributed by atoms with Crippen molar-refractivity contribution in [3.05, 3.63) is 39.9 Å². The van der Waals surface area contributed by atoms with Gasteiger partial charge in [0.1, 0.15) is 0 Å². The Morgan fingerprint density at radius 1 is 1.40 bits per heavy atom. The fourth-order valence-electron chi connectivity index (χ4n) is 2.38. The SMILES string of the molecule is CCC(N)Cc1cccn1Cc1c(Br)c(C)nn1CC. The number of rotatable bonds is 6. The highest BCUT2D eigenvalue weighted by atomic mass is 79.9. The van der Waals surface area contributed by atoms with Crippen LogP contribution in [0.3, 0.4) is 0 Å². The molecule has 1 atom stereocenters. The largest absolute Gasteiger partial charge is 0.345 e. The molecule has 0 radical (unpaired) electrons. The Kier molecular flexibility index (Phi) is 5.05. The molecule has 1 unspecified atom stereocenters. The second-order valence-corrected chi connectivity index (χ2v) is 5.95. The molecular formula is C15H23BrN4. The normalized spacial score (nSPS) is 12.8. The number of hydrogen-bond acceptors (Lipinski definition) is 2. The first kappa shape index (κ1) is 15.3. The molecule has 0 saturated heterocycles. The zero-order valence-corrected chi connectivity index (χ0v) is 14.0. The van der Waals surface area contributed by atoms with Gasteiger partial charge in [-0.1, -0.05) is 6.92 Å². The monoisotopic (exact) mass is 338 g/mol. The molecule has 20 heavy (non-hydrogen) atoms. The maximum atomic E-state index is 6.08. The second-order valence-electron chi connectivity index (χ2n) is 5.16. The molecule has 2 aromatic heterocycles. The third kappa shape index (κ3) is 3.15. The molecular weight excluding hydrogens is 316 g/mol. The third-order valence-electron chi connectivity index (χ3n) is 3.69. The van der Waals surface area contributed by atoms with Crippen LogP contribution in [-0.2, 0) is 19.5 Å². The Labute approximate surface area is 129 Å². The van der Waals surface area contributed by atoms with Crippen molar-refractivity contribution in [2.45, 2.75) is 52.7 Å². The topological polar surface area (TPSA) is 48.8 Å². The predicted octanol–water partition coefficient (Wildman–Crippen LogP) is 3.10. The van der Waals surface area contributed by atoms with E-state index in [4.69, 9.17) is 5.73 Å². The summed E-state index contributed by atoms with van der Waals surface area (Å²) in [6.07, 6.45) is 4.04. The van der Waals surface area contributed by atoms with Crippen molar-refractivity contribution in [3.8, 4) is 0 Å². The molecule has 0 aliphatic heterocycles. The fraction of sp³-hybridized carbons (Fsp3) is 0.533. The van der Waals surface area contributed by atoms with E-state index in [1.54, 1.807) is 0 Å². The molecule has 2 rings (SSSR count). The average molecular weight is 339 g/mol. The maximum absolute atomic E-state index is 6.08. The van der Waals surface area contributed by atoms with Crippen LogP contribution in [0.15, 0.2) is 22.8 Å². The Morgan fingerprint density at radius 3 is 2.80 bits per heavy atom. The molecule has 0 bridgehead atoms. The fourth-order valence-corrected chi connectivity index (χ4v) is 2.79. The Morgan fingerprint density at radius 2 is 2.15 bits per heavy atom. The van der Waals surface area contributed by atoms with E-state index in [-0.39, 0.29) is 6.04 Å². The zero-order valence-electron chi connectivity index (χ0n) is 12.4. The summed E-state index contributed by atoms with van der Waals surface area (Å²) < 4.78 is 5.44. The van der Waals surface area contributed by atoms with E-state index >= 15 is 0 Å². The molecule has 0 aromatic carbocycles. The van der Waals surface area contributed by atoms with Crippen LogP contribution >= 0.6 is 15.9 Å². The Hall–Kier alpha value is -1.07. The summed E-state index contributed by atoms with van der Waals surface area (Å²) in [7, 11) is 0. The van der Waals surface area contributed by atoms with Crippen LogP contribution in [-0.4, -0.2) is 20.4 Å². The standard InChI is InChI=1S/C15H23BrN4/c1-4-12(17)9-13-7-6-8-19(13)10-14-15(16)11(3)18-20(14)5-2/h6-8,12H,4-5,9-10,17H2,1-3H3. The van der Waals surface area contributed by atoms with Gasteiger partial charge in [0.05, 0.1) is 22.4 Å². The van der Waals surface area contributed by atoms with Crippen molar-refractivity contribution in [3.63, 3.8) is 0 Å². The lowest BCUT2D eigenvalue weighted by molar-refractivity contribution is 0.573. The Balaban J connectivity index is 2.25. The van der Waals surface area contributed by atoms with Crippen molar-refractivity contribution >= 4 is 15.9 Å². The average Bonchev–Trinajstić information content (AvgIpc) is 2.98. The van der Waals surface area contributed by atoms with Crippen LogP contribution in [0.5, 0.6) is 0 Å². The summed E-state index contributed by atoms with van der Waals surface area (Å²) in [4.78, 5) is 0. The summed E-state index contributed by atoms with van der Waals surface area (Å²) in [6, 6.07) is 4.47. The van der Waals surface area contributed by atoms with Crippen LogP contribution < -0.4 is 5.73 Å². The van der Waals surface area contributed by atoms with Gasteiger partial charge in [0.2, 0.25) is 0 Å². The van der Waals surface area contributed by atoms with Gasteiger partial charge < -0.3 is 10.3 Å². The van der Waals surface area contributed by atoms with Gasteiger partial charge in [-0.05, 0) is 48.3 Å². The third-order valence-corrected chi connectivity index (χ3v) is 4.72. The first-order valence-corrected chi connectivity index (χ1v) is 7.97. The molecule has 2 aromatic rings. The molecule has 0 saturated carbocycles. The molecule has 110 valence electrons. The van der Waals surface area contributed by atoms with Crippen LogP contribution in [0.1, 0.15) is 37.4 Å². The molecule has 0 fully saturated rings. The molecule has 2 N–H and O–H groups in total. The molecule has 0 spiro atoms. The van der Waals surface area contributed by atoms with Gasteiger partial charge in [-0.25, -0.2) is 0 Å². The highest BCUT2D eigenvalue weighted by molar-refractivity contribution is 9.10. The summed E-state index contributed by atoms with van der Waals surface area (Å²) >= 11 is 3.66. The van der Waals surface area contributed by atoms with Crippen molar-refractivity contribution in [2.24, 2.45) is 5.73 Å². The van der Waals surface area contributed by atoms with Crippen molar-refractivity contribution in [1.82, 2.24) is 14.3 Å². The molecule has 0 aliphatic carbocycles. The van der Waals surface area contributed by atoms with Crippen molar-refractivity contribution < 1.29 is 0 Å². The van der Waals surface area contributed by atoms with E-state index in [1.807, 2.05) is 6.92 Å². The lowest BCUT2D eigenvalue weighted by atomic mass is 10.1. The van der Waals surface area contributed by atoms with Gasteiger partial charge in [0.15, 0.2) is 0 Å². The first-order valence-electron chi connectivity index (χ1n) is 7.18. The van der Waals surface area contributed by atoms with Gasteiger partial charge in [0, 0.05) is 30.9 Å². The minimum Gasteiger partial charge on any atom is -0.345 e. The lowest BCUT2D eigenvalue weighted by Crippen LogP contribution is -2.23. The van der Waals surface area contributed by atoms with Gasteiger partial charge in [-0.15, -0.1) is 0 Å². The van der Waals surface area contributed by atoms with Gasteiger partial charge in [-0.3, -0.25) is 4.68 Å². The molecule has 5 heteroatoms. The molecule has 2 heterocycles. The second kappa shape index (κ2) is 6.59. The summed E-state index contributed by atoms with van der Waals surface area (Å²) in [6.45, 7) is 7.99. The van der Waals surface area contributed by atoms with Crippen molar-refractivity contribution in [1.29, 1.82) is 0 Å². The highest BCUT2D eigenvalue weighted by Gasteiger charge is 2.14. The minimum atomic E-state index is 0.227. The summed E-state index contributed by atoms with van der Waals surface area (Å²) in [5.41, 5.74) is 9.62. The van der Waals surface area contributed by atoms with E-state index in [0.717, 1.165) is 36.1 Å². The van der Waals surface area contributed by atoms with E-state index < -0.39 is 0 Å². The summed E-state index contributed by atoms with van der Waals surface area (Å²) in [5.74, 6) is 0. The predicted molar refractivity (Wildman–Crippen MR) is 85.8 cm³/mol. The van der Waals surface area contributed by atoms with Gasteiger partial charge >= 0.3 is 0 Å². The number of nitrogens with two attached hydrogens (primary N) is 1. The smallest absolute Gasteiger partial charge is 0.0739 e.